The van der Waals surface area contributed by atoms with Crippen LogP contribution in [0, 0.1) is 11.6 Å². The van der Waals surface area contributed by atoms with Crippen LogP contribution in [0.2, 0.25) is 0 Å². The molecule has 98 valence electrons. The van der Waals surface area contributed by atoms with Crippen molar-refractivity contribution in [2.45, 2.75) is 0 Å². The van der Waals surface area contributed by atoms with E-state index in [2.05, 4.69) is 4.98 Å². The number of hydrogen-bond acceptors (Lipinski definition) is 3. The van der Waals surface area contributed by atoms with Gasteiger partial charge in [0.1, 0.15) is 5.69 Å². The molecule has 2 aromatic rings. The summed E-state index contributed by atoms with van der Waals surface area (Å²) in [5.74, 6) is -4.29. The zero-order valence-corrected chi connectivity index (χ0v) is 9.41. The quantitative estimate of drug-likeness (QED) is 0.583. The van der Waals surface area contributed by atoms with Crippen molar-refractivity contribution in [1.29, 1.82) is 0 Å². The number of aromatic amines is 1. The van der Waals surface area contributed by atoms with Gasteiger partial charge in [0, 0.05) is 29.1 Å². The van der Waals surface area contributed by atoms with Crippen molar-refractivity contribution in [2.24, 2.45) is 0 Å². The summed E-state index contributed by atoms with van der Waals surface area (Å²) in [4.78, 5) is 25.0. The van der Waals surface area contributed by atoms with Crippen molar-refractivity contribution in [3.05, 3.63) is 52.9 Å². The van der Waals surface area contributed by atoms with Crippen LogP contribution in [-0.2, 0) is 0 Å². The molecule has 1 aromatic heterocycles. The van der Waals surface area contributed by atoms with Crippen molar-refractivity contribution >= 4 is 17.4 Å². The molecule has 0 radical (unpaired) electrons. The molecule has 0 spiro atoms. The number of rotatable bonds is 3. The van der Waals surface area contributed by atoms with Crippen LogP contribution >= 0.6 is 0 Å². The molecule has 0 aliphatic rings. The fourth-order valence-corrected chi connectivity index (χ4v) is 1.56. The van der Waals surface area contributed by atoms with Crippen LogP contribution in [0.5, 0.6) is 0 Å². The molecular formula is C12H8F2N2O3. The van der Waals surface area contributed by atoms with Gasteiger partial charge in [-0.05, 0) is 12.1 Å². The van der Waals surface area contributed by atoms with Crippen LogP contribution in [0.25, 0.3) is 0 Å². The normalized spacial score (nSPS) is 10.4. The molecule has 0 fully saturated rings. The second-order valence-corrected chi connectivity index (χ2v) is 3.79. The van der Waals surface area contributed by atoms with Gasteiger partial charge in [-0.2, -0.15) is 0 Å². The van der Waals surface area contributed by atoms with Gasteiger partial charge in [0.15, 0.2) is 17.4 Å². The van der Waals surface area contributed by atoms with E-state index in [1.807, 2.05) is 0 Å². The summed E-state index contributed by atoms with van der Waals surface area (Å²) >= 11 is 0. The highest BCUT2D eigenvalue weighted by Gasteiger charge is 2.18. The van der Waals surface area contributed by atoms with E-state index in [9.17, 15) is 18.4 Å². The van der Waals surface area contributed by atoms with Crippen molar-refractivity contribution in [3.63, 3.8) is 0 Å². The van der Waals surface area contributed by atoms with Gasteiger partial charge in [-0.15, -0.1) is 0 Å². The summed E-state index contributed by atoms with van der Waals surface area (Å²) in [7, 11) is 0. The Hall–Kier alpha value is -2.70. The number of carboxylic acids is 1. The summed E-state index contributed by atoms with van der Waals surface area (Å²) in [6.07, 6.45) is 1.16. The number of ketones is 1. The van der Waals surface area contributed by atoms with Crippen molar-refractivity contribution in [2.75, 3.05) is 5.73 Å². The van der Waals surface area contributed by atoms with E-state index >= 15 is 0 Å². The van der Waals surface area contributed by atoms with Gasteiger partial charge in [0.05, 0.1) is 0 Å². The number of aromatic nitrogens is 1. The molecule has 0 amide bonds. The van der Waals surface area contributed by atoms with Gasteiger partial charge >= 0.3 is 5.97 Å². The van der Waals surface area contributed by atoms with E-state index in [1.54, 1.807) is 0 Å². The summed E-state index contributed by atoms with van der Waals surface area (Å²) in [5, 5.41) is 8.71. The number of aromatic carboxylic acids is 1. The Labute approximate surface area is 105 Å². The third-order valence-electron chi connectivity index (χ3n) is 2.51. The van der Waals surface area contributed by atoms with Crippen LogP contribution in [0.1, 0.15) is 26.4 Å². The Morgan fingerprint density at radius 1 is 1.16 bits per heavy atom. The lowest BCUT2D eigenvalue weighted by molar-refractivity contribution is 0.0691. The molecule has 1 aromatic carbocycles. The second-order valence-electron chi connectivity index (χ2n) is 3.79. The maximum Gasteiger partial charge on any atom is 0.352 e. The fraction of sp³-hybridized carbons (Fsp3) is 0. The minimum Gasteiger partial charge on any atom is -0.477 e. The van der Waals surface area contributed by atoms with Crippen molar-refractivity contribution < 1.29 is 23.5 Å². The number of nitrogens with one attached hydrogen (secondary N) is 1. The zero-order chi connectivity index (χ0) is 14.2. The maximum absolute atomic E-state index is 13.1. The van der Waals surface area contributed by atoms with E-state index in [4.69, 9.17) is 10.8 Å². The minimum atomic E-state index is -1.24. The lowest BCUT2D eigenvalue weighted by Crippen LogP contribution is -2.06. The van der Waals surface area contributed by atoms with Crippen LogP contribution < -0.4 is 5.73 Å². The number of halogens is 2. The second kappa shape index (κ2) is 4.52. The van der Waals surface area contributed by atoms with Gasteiger partial charge in [-0.1, -0.05) is 0 Å². The molecule has 0 bridgehead atoms. The summed E-state index contributed by atoms with van der Waals surface area (Å²) in [5.41, 5.74) is 4.80. The number of anilines is 1. The minimum absolute atomic E-state index is 0.00453. The van der Waals surface area contributed by atoms with Crippen LogP contribution in [0.15, 0.2) is 24.4 Å². The Morgan fingerprint density at radius 3 is 2.37 bits per heavy atom. The van der Waals surface area contributed by atoms with Gasteiger partial charge < -0.3 is 15.8 Å². The molecule has 19 heavy (non-hydrogen) atoms. The first-order valence-corrected chi connectivity index (χ1v) is 5.11. The summed E-state index contributed by atoms with van der Waals surface area (Å²) in [6.45, 7) is 0. The lowest BCUT2D eigenvalue weighted by Gasteiger charge is -2.04. The lowest BCUT2D eigenvalue weighted by atomic mass is 10.0. The SMILES string of the molecule is Nc1cc(F)c(F)cc1C(=O)c1c[nH]c(C(=O)O)c1. The highest BCUT2D eigenvalue weighted by Crippen LogP contribution is 2.20. The molecular weight excluding hydrogens is 258 g/mol. The largest absolute Gasteiger partial charge is 0.477 e. The molecule has 0 atom stereocenters. The number of nitrogens with two attached hydrogens (primary N) is 1. The van der Waals surface area contributed by atoms with E-state index < -0.39 is 23.4 Å². The molecule has 0 aliphatic heterocycles. The maximum atomic E-state index is 13.1. The standard InChI is InChI=1S/C12H8F2N2O3/c13-7-2-6(9(15)3-8(7)14)11(17)5-1-10(12(18)19)16-4-5/h1-4,16H,15H2,(H,18,19). The van der Waals surface area contributed by atoms with Crippen molar-refractivity contribution in [1.82, 2.24) is 4.98 Å². The number of carbonyl (C=O) groups is 2. The van der Waals surface area contributed by atoms with Gasteiger partial charge in [-0.3, -0.25) is 4.79 Å². The van der Waals surface area contributed by atoms with Crippen LogP contribution in [0.4, 0.5) is 14.5 Å². The van der Waals surface area contributed by atoms with Gasteiger partial charge in [0.2, 0.25) is 0 Å². The van der Waals surface area contributed by atoms with Crippen LogP contribution in [0.3, 0.4) is 0 Å². The summed E-state index contributed by atoms with van der Waals surface area (Å²) < 4.78 is 26.0. The molecule has 4 N–H and O–H groups in total. The Bertz CT molecular complexity index is 680. The Kier molecular flexibility index (Phi) is 3.04. The first kappa shape index (κ1) is 12.7. The predicted molar refractivity (Wildman–Crippen MR) is 62.0 cm³/mol. The third-order valence-corrected chi connectivity index (χ3v) is 2.51. The number of nitrogen functional groups attached to an aromatic ring is 1. The molecule has 5 nitrogen and oxygen atoms in total. The smallest absolute Gasteiger partial charge is 0.352 e. The van der Waals surface area contributed by atoms with Gasteiger partial charge in [-0.25, -0.2) is 13.6 Å². The van der Waals surface area contributed by atoms with Crippen molar-refractivity contribution in [3.8, 4) is 0 Å². The Morgan fingerprint density at radius 2 is 1.79 bits per heavy atom. The monoisotopic (exact) mass is 266 g/mol. The molecule has 7 heteroatoms. The first-order chi connectivity index (χ1) is 8.90. The van der Waals surface area contributed by atoms with E-state index in [1.165, 1.54) is 0 Å². The highest BCUT2D eigenvalue weighted by atomic mass is 19.2. The first-order valence-electron chi connectivity index (χ1n) is 5.11. The van der Waals surface area contributed by atoms with E-state index in [-0.39, 0.29) is 22.5 Å². The molecule has 0 aliphatic carbocycles. The predicted octanol–water partition coefficient (Wildman–Crippen LogP) is 1.80. The zero-order valence-electron chi connectivity index (χ0n) is 9.41. The van der Waals surface area contributed by atoms with E-state index in [0.29, 0.717) is 12.1 Å². The topological polar surface area (TPSA) is 96.2 Å². The molecule has 0 unspecified atom stereocenters. The number of hydrogen-bond donors (Lipinski definition) is 3. The third kappa shape index (κ3) is 2.30. The van der Waals surface area contributed by atoms with Gasteiger partial charge in [0.25, 0.3) is 0 Å². The molecule has 1 heterocycles. The highest BCUT2D eigenvalue weighted by molar-refractivity contribution is 6.12. The molecule has 0 saturated carbocycles. The fourth-order valence-electron chi connectivity index (χ4n) is 1.56. The average molecular weight is 266 g/mol. The number of carbonyl (C=O) groups excluding carboxylic acids is 1. The number of benzene rings is 1. The molecule has 2 rings (SSSR count). The summed E-state index contributed by atoms with van der Waals surface area (Å²) in [6, 6.07) is 2.47. The number of H-pyrrole nitrogens is 1. The number of carboxylic acid groups (broad SMARTS) is 1. The van der Waals surface area contributed by atoms with Crippen LogP contribution in [-0.4, -0.2) is 21.8 Å². The Balaban J connectivity index is 2.43. The molecule has 0 saturated heterocycles. The van der Waals surface area contributed by atoms with E-state index in [0.717, 1.165) is 12.3 Å². The average Bonchev–Trinajstić information content (AvgIpc) is 2.82.